The molecule has 0 spiro atoms. The fraction of sp³-hybridized carbons (Fsp3) is 0.500. The fourth-order valence-corrected chi connectivity index (χ4v) is 2.45. The first kappa shape index (κ1) is 13.5. The van der Waals surface area contributed by atoms with Crippen molar-refractivity contribution in [3.63, 3.8) is 0 Å². The Kier molecular flexibility index (Phi) is 4.07. The lowest BCUT2D eigenvalue weighted by Gasteiger charge is -2.14. The summed E-state index contributed by atoms with van der Waals surface area (Å²) in [4.78, 5) is 21.8. The quantitative estimate of drug-likeness (QED) is 0.466. The van der Waals surface area contributed by atoms with E-state index in [2.05, 4.69) is 5.32 Å². The van der Waals surface area contributed by atoms with E-state index in [0.29, 0.717) is 0 Å². The van der Waals surface area contributed by atoms with Crippen LogP contribution in [0.4, 0.5) is 4.79 Å². The van der Waals surface area contributed by atoms with E-state index in [4.69, 9.17) is 10.2 Å². The molecule has 0 aromatic rings. The van der Waals surface area contributed by atoms with Gasteiger partial charge < -0.3 is 20.8 Å². The smallest absolute Gasteiger partial charge is 0.328 e. The molecule has 0 aliphatic carbocycles. The minimum Gasteiger partial charge on any atom is -0.480 e. The van der Waals surface area contributed by atoms with E-state index < -0.39 is 40.5 Å². The lowest BCUT2D eigenvalue weighted by Crippen LogP contribution is -2.50. The van der Waals surface area contributed by atoms with E-state index in [1.54, 1.807) is 0 Å². The zero-order chi connectivity index (χ0) is 13.1. The van der Waals surface area contributed by atoms with Crippen LogP contribution in [0.2, 0.25) is 0 Å². The zero-order valence-electron chi connectivity index (χ0n) is 8.66. The average Bonchev–Trinajstić information content (AvgIpc) is 2.54. The Labute approximate surface area is 97.2 Å². The number of carbonyl (C=O) groups excluding carboxylic acids is 1. The predicted molar refractivity (Wildman–Crippen MR) is 56.9 cm³/mol. The first-order chi connectivity index (χ1) is 7.84. The minimum atomic E-state index is -3.28. The maximum atomic E-state index is 11.3. The molecule has 17 heavy (non-hydrogen) atoms. The van der Waals surface area contributed by atoms with Crippen molar-refractivity contribution in [2.24, 2.45) is 0 Å². The third-order valence-electron chi connectivity index (χ3n) is 2.03. The summed E-state index contributed by atoms with van der Waals surface area (Å²) in [5.41, 5.74) is 0. The van der Waals surface area contributed by atoms with Gasteiger partial charge in [0, 0.05) is 5.41 Å². The van der Waals surface area contributed by atoms with Gasteiger partial charge in [0.2, 0.25) is 0 Å². The Bertz CT molecular complexity index is 443. The molecule has 0 aromatic heterocycles. The molecule has 8 nitrogen and oxygen atoms in total. The van der Waals surface area contributed by atoms with Gasteiger partial charge in [0.1, 0.15) is 0 Å². The lowest BCUT2D eigenvalue weighted by molar-refractivity contribution is -0.140. The Morgan fingerprint density at radius 3 is 2.53 bits per heavy atom. The number of hydrogen-bond acceptors (Lipinski definition) is 5. The van der Waals surface area contributed by atoms with Crippen molar-refractivity contribution in [3.05, 3.63) is 11.5 Å². The standard InChI is InChI=1S/C8H12N2O6S/c11-3-6(7(12)13)10-8(14)9-5-1-2-17(15,16)4-5/h1-2,5-6,11H,3-4H2,(H,12,13)(H2,9,10,14). The first-order valence-corrected chi connectivity index (χ1v) is 6.37. The Morgan fingerprint density at radius 1 is 1.47 bits per heavy atom. The summed E-state index contributed by atoms with van der Waals surface area (Å²) in [6.07, 6.45) is 1.30. The monoisotopic (exact) mass is 264 g/mol. The van der Waals surface area contributed by atoms with Crippen molar-refractivity contribution in [1.82, 2.24) is 10.6 Å². The van der Waals surface area contributed by atoms with Crippen LogP contribution in [0.3, 0.4) is 0 Å². The molecule has 0 fully saturated rings. The number of carboxylic acid groups (broad SMARTS) is 1. The van der Waals surface area contributed by atoms with Crippen LogP contribution in [-0.4, -0.2) is 55.1 Å². The van der Waals surface area contributed by atoms with Gasteiger partial charge in [-0.15, -0.1) is 0 Å². The fourth-order valence-electron chi connectivity index (χ4n) is 1.22. The predicted octanol–water partition coefficient (Wildman–Crippen LogP) is -1.96. The number of carboxylic acids is 1. The molecule has 1 heterocycles. The van der Waals surface area contributed by atoms with Gasteiger partial charge in [-0.2, -0.15) is 0 Å². The van der Waals surface area contributed by atoms with E-state index in [1.807, 2.05) is 5.32 Å². The molecule has 0 bridgehead atoms. The third-order valence-corrected chi connectivity index (χ3v) is 3.43. The lowest BCUT2D eigenvalue weighted by atomic mass is 10.3. The largest absolute Gasteiger partial charge is 0.480 e. The van der Waals surface area contributed by atoms with E-state index in [9.17, 15) is 18.0 Å². The summed E-state index contributed by atoms with van der Waals surface area (Å²) in [6.45, 7) is -0.748. The Hall–Kier alpha value is -1.61. The van der Waals surface area contributed by atoms with Crippen LogP contribution in [0.1, 0.15) is 0 Å². The van der Waals surface area contributed by atoms with E-state index >= 15 is 0 Å². The van der Waals surface area contributed by atoms with E-state index in [1.165, 1.54) is 6.08 Å². The number of aliphatic carboxylic acids is 1. The van der Waals surface area contributed by atoms with Gasteiger partial charge in [0.25, 0.3) is 0 Å². The number of carbonyl (C=O) groups is 2. The number of aliphatic hydroxyl groups excluding tert-OH is 1. The summed E-state index contributed by atoms with van der Waals surface area (Å²) in [6, 6.07) is -2.96. The summed E-state index contributed by atoms with van der Waals surface area (Å²) >= 11 is 0. The normalized spacial score (nSPS) is 23.0. The van der Waals surface area contributed by atoms with Gasteiger partial charge in [-0.3, -0.25) is 0 Å². The molecule has 96 valence electrons. The van der Waals surface area contributed by atoms with Crippen LogP contribution in [0.5, 0.6) is 0 Å². The SMILES string of the molecule is O=C(NC1C=CS(=O)(=O)C1)NC(CO)C(=O)O. The number of nitrogens with one attached hydrogen (secondary N) is 2. The molecule has 1 rings (SSSR count). The van der Waals surface area contributed by atoms with Crippen molar-refractivity contribution < 1.29 is 28.2 Å². The van der Waals surface area contributed by atoms with Gasteiger partial charge in [0.05, 0.1) is 18.4 Å². The van der Waals surface area contributed by atoms with Gasteiger partial charge >= 0.3 is 12.0 Å². The average molecular weight is 264 g/mol. The van der Waals surface area contributed by atoms with Crippen molar-refractivity contribution in [2.75, 3.05) is 12.4 Å². The molecule has 0 saturated carbocycles. The number of urea groups is 1. The van der Waals surface area contributed by atoms with Crippen molar-refractivity contribution in [2.45, 2.75) is 12.1 Å². The van der Waals surface area contributed by atoms with Crippen LogP contribution < -0.4 is 10.6 Å². The molecule has 4 N–H and O–H groups in total. The molecule has 2 atom stereocenters. The highest BCUT2D eigenvalue weighted by Gasteiger charge is 2.25. The van der Waals surface area contributed by atoms with Crippen molar-refractivity contribution in [3.8, 4) is 0 Å². The second kappa shape index (κ2) is 5.15. The molecule has 0 radical (unpaired) electrons. The summed E-state index contributed by atoms with van der Waals surface area (Å²) < 4.78 is 22.0. The number of hydrogen-bond donors (Lipinski definition) is 4. The van der Waals surface area contributed by atoms with Crippen LogP contribution >= 0.6 is 0 Å². The molecule has 2 unspecified atom stereocenters. The number of aliphatic hydroxyl groups is 1. The maximum Gasteiger partial charge on any atom is 0.328 e. The zero-order valence-corrected chi connectivity index (χ0v) is 9.48. The summed E-state index contributed by atoms with van der Waals surface area (Å²) in [7, 11) is -3.28. The van der Waals surface area contributed by atoms with E-state index in [-0.39, 0.29) is 5.75 Å². The molecule has 0 saturated heterocycles. The second-order valence-corrected chi connectivity index (χ2v) is 5.39. The Balaban J connectivity index is 2.46. The van der Waals surface area contributed by atoms with E-state index in [0.717, 1.165) is 5.41 Å². The summed E-state index contributed by atoms with van der Waals surface area (Å²) in [5.74, 6) is -1.63. The minimum absolute atomic E-state index is 0.253. The third kappa shape index (κ3) is 4.04. The molecule has 1 aliphatic heterocycles. The highest BCUT2D eigenvalue weighted by atomic mass is 32.2. The van der Waals surface area contributed by atoms with Crippen molar-refractivity contribution >= 4 is 21.8 Å². The van der Waals surface area contributed by atoms with Gasteiger partial charge in [-0.05, 0) is 6.08 Å². The van der Waals surface area contributed by atoms with Gasteiger partial charge in [-0.25, -0.2) is 18.0 Å². The highest BCUT2D eigenvalue weighted by Crippen LogP contribution is 2.07. The molecule has 9 heteroatoms. The maximum absolute atomic E-state index is 11.3. The van der Waals surface area contributed by atoms with Crippen LogP contribution in [-0.2, 0) is 14.6 Å². The molecule has 2 amide bonds. The molecular formula is C8H12N2O6S. The number of sulfone groups is 1. The van der Waals surface area contributed by atoms with Crippen LogP contribution in [0.15, 0.2) is 11.5 Å². The molecule has 1 aliphatic rings. The second-order valence-electron chi connectivity index (χ2n) is 3.46. The van der Waals surface area contributed by atoms with Crippen LogP contribution in [0.25, 0.3) is 0 Å². The Morgan fingerprint density at radius 2 is 2.12 bits per heavy atom. The summed E-state index contributed by atoms with van der Waals surface area (Å²) in [5, 5.41) is 22.5. The van der Waals surface area contributed by atoms with Gasteiger partial charge in [0.15, 0.2) is 15.9 Å². The van der Waals surface area contributed by atoms with Gasteiger partial charge in [-0.1, -0.05) is 0 Å². The number of amides is 2. The van der Waals surface area contributed by atoms with Crippen molar-refractivity contribution in [1.29, 1.82) is 0 Å². The van der Waals surface area contributed by atoms with Crippen LogP contribution in [0, 0.1) is 0 Å². The number of rotatable bonds is 4. The highest BCUT2D eigenvalue weighted by molar-refractivity contribution is 7.94. The molecular weight excluding hydrogens is 252 g/mol. The topological polar surface area (TPSA) is 133 Å². The molecule has 0 aromatic carbocycles. The first-order valence-electron chi connectivity index (χ1n) is 4.65.